The largest absolute Gasteiger partial charge is 0.418 e. The predicted octanol–water partition coefficient (Wildman–Crippen LogP) is 4.22. The van der Waals surface area contributed by atoms with Gasteiger partial charge in [-0.1, -0.05) is 17.3 Å². The lowest BCUT2D eigenvalue weighted by Gasteiger charge is -2.15. The van der Waals surface area contributed by atoms with E-state index in [0.717, 1.165) is 16.3 Å². The van der Waals surface area contributed by atoms with Crippen LogP contribution in [0.2, 0.25) is 0 Å². The summed E-state index contributed by atoms with van der Waals surface area (Å²) in [7, 11) is 0. The monoisotopic (exact) mass is 442 g/mol. The van der Waals surface area contributed by atoms with Gasteiger partial charge in [0.15, 0.2) is 0 Å². The molecule has 3 heterocycles. The summed E-state index contributed by atoms with van der Waals surface area (Å²) in [6, 6.07) is 9.99. The summed E-state index contributed by atoms with van der Waals surface area (Å²) < 4.78 is 46.5. The van der Waals surface area contributed by atoms with Crippen molar-refractivity contribution in [2.24, 2.45) is 0 Å². The molecule has 0 spiro atoms. The van der Waals surface area contributed by atoms with E-state index in [1.807, 2.05) is 0 Å². The van der Waals surface area contributed by atoms with E-state index in [1.165, 1.54) is 24.3 Å². The molecule has 0 aliphatic rings. The van der Waals surface area contributed by atoms with Gasteiger partial charge in [0.2, 0.25) is 17.6 Å². The molecule has 32 heavy (non-hydrogen) atoms. The van der Waals surface area contributed by atoms with E-state index in [4.69, 9.17) is 4.52 Å². The number of aromatic nitrogens is 5. The number of alkyl halides is 3. The van der Waals surface area contributed by atoms with E-state index in [9.17, 15) is 18.0 Å². The Hall–Kier alpha value is -4.02. The smallest absolute Gasteiger partial charge is 0.339 e. The Morgan fingerprint density at radius 3 is 2.66 bits per heavy atom. The SMILES string of the molecule is Cc1cc(NC(=O)CCc2nc(-c3ccncc3)no2)n(-c2ccccc2C(F)(F)F)n1. The van der Waals surface area contributed by atoms with Gasteiger partial charge in [0.1, 0.15) is 5.82 Å². The Balaban J connectivity index is 1.47. The number of amides is 1. The fraction of sp³-hybridized carbons (Fsp3) is 0.190. The summed E-state index contributed by atoms with van der Waals surface area (Å²) in [5, 5.41) is 10.6. The summed E-state index contributed by atoms with van der Waals surface area (Å²) in [6.07, 6.45) is -1.22. The molecule has 8 nitrogen and oxygen atoms in total. The summed E-state index contributed by atoms with van der Waals surface area (Å²) in [6.45, 7) is 1.63. The molecule has 11 heteroatoms. The van der Waals surface area contributed by atoms with Crippen LogP contribution in [-0.4, -0.2) is 30.8 Å². The fourth-order valence-electron chi connectivity index (χ4n) is 3.07. The van der Waals surface area contributed by atoms with Gasteiger partial charge in [-0.15, -0.1) is 0 Å². The summed E-state index contributed by atoms with van der Waals surface area (Å²) in [5.74, 6) is 0.339. The molecule has 0 fully saturated rings. The number of hydrogen-bond donors (Lipinski definition) is 1. The molecule has 164 valence electrons. The Bertz CT molecular complexity index is 1230. The zero-order valence-corrected chi connectivity index (χ0v) is 16.8. The van der Waals surface area contributed by atoms with Crippen LogP contribution in [-0.2, 0) is 17.4 Å². The highest BCUT2D eigenvalue weighted by Crippen LogP contribution is 2.34. The molecular formula is C21H17F3N6O2. The highest BCUT2D eigenvalue weighted by molar-refractivity contribution is 5.90. The topological polar surface area (TPSA) is 98.7 Å². The van der Waals surface area contributed by atoms with Gasteiger partial charge < -0.3 is 9.84 Å². The minimum atomic E-state index is -4.57. The number of anilines is 1. The van der Waals surface area contributed by atoms with Crippen LogP contribution < -0.4 is 5.32 Å². The number of nitrogens with zero attached hydrogens (tertiary/aromatic N) is 5. The van der Waals surface area contributed by atoms with Crippen molar-refractivity contribution in [3.63, 3.8) is 0 Å². The second kappa shape index (κ2) is 8.61. The number of carbonyl (C=O) groups excluding carboxylic acids is 1. The zero-order chi connectivity index (χ0) is 22.7. The molecule has 1 aromatic carbocycles. The van der Waals surface area contributed by atoms with E-state index in [-0.39, 0.29) is 30.2 Å². The average molecular weight is 442 g/mol. The Morgan fingerprint density at radius 1 is 1.16 bits per heavy atom. The highest BCUT2D eigenvalue weighted by atomic mass is 19.4. The van der Waals surface area contributed by atoms with Crippen molar-refractivity contribution in [1.29, 1.82) is 0 Å². The normalized spacial score (nSPS) is 11.5. The van der Waals surface area contributed by atoms with Gasteiger partial charge in [-0.25, -0.2) is 4.68 Å². The van der Waals surface area contributed by atoms with Crippen LogP contribution in [0.1, 0.15) is 23.6 Å². The summed E-state index contributed by atoms with van der Waals surface area (Å²) in [5.41, 5.74) is 0.147. The van der Waals surface area contributed by atoms with Crippen molar-refractivity contribution in [3.8, 4) is 17.1 Å². The fourth-order valence-corrected chi connectivity index (χ4v) is 3.07. The Morgan fingerprint density at radius 2 is 1.91 bits per heavy atom. The molecule has 4 aromatic rings. The number of nitrogens with one attached hydrogen (secondary N) is 1. The molecule has 3 aromatic heterocycles. The van der Waals surface area contributed by atoms with E-state index in [0.29, 0.717) is 11.5 Å². The Labute approximate surface area is 180 Å². The first kappa shape index (κ1) is 21.2. The van der Waals surface area contributed by atoms with Crippen LogP contribution in [0, 0.1) is 6.92 Å². The molecule has 1 N–H and O–H groups in total. The van der Waals surface area contributed by atoms with Gasteiger partial charge in [0, 0.05) is 36.9 Å². The molecule has 0 unspecified atom stereocenters. The number of carbonyl (C=O) groups is 1. The third kappa shape index (κ3) is 4.66. The number of para-hydroxylation sites is 1. The van der Waals surface area contributed by atoms with Crippen molar-refractivity contribution < 1.29 is 22.5 Å². The minimum absolute atomic E-state index is 0.0108. The van der Waals surface area contributed by atoms with Crippen LogP contribution in [0.25, 0.3) is 17.1 Å². The lowest BCUT2D eigenvalue weighted by molar-refractivity contribution is -0.137. The van der Waals surface area contributed by atoms with Gasteiger partial charge in [0.25, 0.3) is 0 Å². The second-order valence-corrected chi connectivity index (χ2v) is 6.89. The van der Waals surface area contributed by atoms with Gasteiger partial charge in [0.05, 0.1) is 16.9 Å². The zero-order valence-electron chi connectivity index (χ0n) is 16.8. The lowest BCUT2D eigenvalue weighted by atomic mass is 10.1. The van der Waals surface area contributed by atoms with Crippen molar-refractivity contribution in [2.45, 2.75) is 25.9 Å². The summed E-state index contributed by atoms with van der Waals surface area (Å²) >= 11 is 0. The number of pyridine rings is 1. The lowest BCUT2D eigenvalue weighted by Crippen LogP contribution is -2.17. The van der Waals surface area contributed by atoms with Gasteiger partial charge in [-0.3, -0.25) is 9.78 Å². The van der Waals surface area contributed by atoms with Crippen LogP contribution in [0.3, 0.4) is 0 Å². The number of rotatable bonds is 6. The molecule has 0 atom stereocenters. The van der Waals surface area contributed by atoms with Crippen molar-refractivity contribution in [3.05, 3.63) is 72.0 Å². The molecule has 1 amide bonds. The third-order valence-corrected chi connectivity index (χ3v) is 4.51. The Kier molecular flexibility index (Phi) is 5.71. The number of hydrogen-bond acceptors (Lipinski definition) is 6. The molecule has 0 radical (unpaired) electrons. The molecule has 0 saturated carbocycles. The van der Waals surface area contributed by atoms with Gasteiger partial charge >= 0.3 is 6.18 Å². The van der Waals surface area contributed by atoms with E-state index < -0.39 is 17.6 Å². The first-order valence-electron chi connectivity index (χ1n) is 9.57. The van der Waals surface area contributed by atoms with Gasteiger partial charge in [-0.2, -0.15) is 23.3 Å². The quantitative estimate of drug-likeness (QED) is 0.480. The average Bonchev–Trinajstić information content (AvgIpc) is 3.39. The second-order valence-electron chi connectivity index (χ2n) is 6.89. The maximum Gasteiger partial charge on any atom is 0.418 e. The number of halogens is 3. The van der Waals surface area contributed by atoms with Crippen molar-refractivity contribution >= 4 is 11.7 Å². The standard InChI is InChI=1S/C21H17F3N6O2/c1-13-12-17(30(28-13)16-5-3-2-4-15(16)21(22,23)24)26-18(31)6-7-19-27-20(29-32-19)14-8-10-25-11-9-14/h2-5,8-12H,6-7H2,1H3,(H,26,31). The molecule has 0 aliphatic carbocycles. The van der Waals surface area contributed by atoms with Crippen molar-refractivity contribution in [1.82, 2.24) is 24.9 Å². The van der Waals surface area contributed by atoms with Crippen molar-refractivity contribution in [2.75, 3.05) is 5.32 Å². The molecule has 4 rings (SSSR count). The maximum absolute atomic E-state index is 13.4. The van der Waals surface area contributed by atoms with Gasteiger partial charge in [-0.05, 0) is 31.2 Å². The van der Waals surface area contributed by atoms with Crippen LogP contribution in [0.15, 0.2) is 59.4 Å². The molecule has 0 saturated heterocycles. The van der Waals surface area contributed by atoms with Crippen LogP contribution >= 0.6 is 0 Å². The van der Waals surface area contributed by atoms with E-state index in [2.05, 4.69) is 25.5 Å². The first-order chi connectivity index (χ1) is 15.3. The third-order valence-electron chi connectivity index (χ3n) is 4.51. The molecule has 0 bridgehead atoms. The summed E-state index contributed by atoms with van der Waals surface area (Å²) in [4.78, 5) is 20.6. The molecular weight excluding hydrogens is 425 g/mol. The maximum atomic E-state index is 13.4. The number of aryl methyl sites for hydroxylation is 2. The predicted molar refractivity (Wildman–Crippen MR) is 108 cm³/mol. The minimum Gasteiger partial charge on any atom is -0.339 e. The number of benzene rings is 1. The van der Waals surface area contributed by atoms with Crippen LogP contribution in [0.5, 0.6) is 0 Å². The van der Waals surface area contributed by atoms with E-state index >= 15 is 0 Å². The highest BCUT2D eigenvalue weighted by Gasteiger charge is 2.34. The van der Waals surface area contributed by atoms with E-state index in [1.54, 1.807) is 31.5 Å². The first-order valence-corrected chi connectivity index (χ1v) is 9.57. The molecule has 0 aliphatic heterocycles. The van der Waals surface area contributed by atoms with Crippen LogP contribution in [0.4, 0.5) is 19.0 Å².